The van der Waals surface area contributed by atoms with Crippen molar-refractivity contribution in [2.45, 2.75) is 57.5 Å². The summed E-state index contributed by atoms with van der Waals surface area (Å²) in [6.07, 6.45) is 2.25. The van der Waals surface area contributed by atoms with Crippen molar-refractivity contribution in [3.63, 3.8) is 0 Å². The number of rotatable bonds is 15. The molecule has 1 amide bonds. The Balaban J connectivity index is 1.12. The average molecular weight is 767 g/mol. The van der Waals surface area contributed by atoms with Crippen molar-refractivity contribution in [3.8, 4) is 17.6 Å². The Bertz CT molecular complexity index is 1960. The number of aryl methyl sites for hydroxylation is 1. The van der Waals surface area contributed by atoms with E-state index in [2.05, 4.69) is 52.1 Å². The second-order valence-corrected chi connectivity index (χ2v) is 13.7. The molecule has 3 atom stereocenters. The molecule has 1 aromatic heterocycles. The number of carbonyl (C=O) groups is 1. The molecule has 0 spiro atoms. The van der Waals surface area contributed by atoms with Gasteiger partial charge in [-0.1, -0.05) is 72.8 Å². The largest absolute Gasteiger partial charge is 0.496 e. The fourth-order valence-corrected chi connectivity index (χ4v) is 7.39. The summed E-state index contributed by atoms with van der Waals surface area (Å²) in [4.78, 5) is 18.4. The Morgan fingerprint density at radius 2 is 1.79 bits per heavy atom. The first-order valence-corrected chi connectivity index (χ1v) is 18.4. The molecule has 1 aliphatic rings. The SMILES string of the molecule is COc1ccccc1COCCCOc1ccc(C2CCN(C(=O)OCc3ccccc3)CC2OC(CC#N)c2ccc3c(C)c[nH]c3c2Br)cc1. The first kappa shape index (κ1) is 37.0. The molecule has 5 aromatic rings. The quantitative estimate of drug-likeness (QED) is 0.106. The fourth-order valence-electron chi connectivity index (χ4n) is 6.67. The van der Waals surface area contributed by atoms with Crippen LogP contribution in [0.1, 0.15) is 59.1 Å². The molecule has 1 saturated heterocycles. The summed E-state index contributed by atoms with van der Waals surface area (Å²) in [5.41, 5.74) is 6.01. The average Bonchev–Trinajstić information content (AvgIpc) is 3.57. The van der Waals surface area contributed by atoms with Crippen molar-refractivity contribution < 1.29 is 28.5 Å². The number of carbonyl (C=O) groups excluding carboxylic acids is 1. The minimum atomic E-state index is -0.520. The van der Waals surface area contributed by atoms with Crippen LogP contribution in [0.3, 0.4) is 0 Å². The summed E-state index contributed by atoms with van der Waals surface area (Å²) in [6.45, 7) is 4.67. The minimum absolute atomic E-state index is 0.0213. The smallest absolute Gasteiger partial charge is 0.410 e. The lowest BCUT2D eigenvalue weighted by Gasteiger charge is -2.39. The highest BCUT2D eigenvalue weighted by Crippen LogP contribution is 2.39. The number of ether oxygens (including phenoxy) is 5. The van der Waals surface area contributed by atoms with Crippen molar-refractivity contribution >= 4 is 32.9 Å². The molecule has 10 heteroatoms. The monoisotopic (exact) mass is 765 g/mol. The van der Waals surface area contributed by atoms with Crippen molar-refractivity contribution in [1.29, 1.82) is 5.26 Å². The predicted molar refractivity (Wildman–Crippen MR) is 203 cm³/mol. The molecular weight excluding hydrogens is 722 g/mol. The standard InChI is InChI=1S/C42H44BrN3O6/c1-29-25-45-41-34(29)17-18-36(40(41)43)38(19-21-44)52-39-26-46(42(47)51-27-30-9-4-3-5-10-30)22-20-35(39)31-13-15-33(16-14-31)50-24-8-23-49-28-32-11-6-7-12-37(32)48-2/h3-7,9-18,25,35,38-39,45H,8,19-20,22-24,26-28H2,1-2H3. The summed E-state index contributed by atoms with van der Waals surface area (Å²) in [7, 11) is 1.66. The van der Waals surface area contributed by atoms with E-state index in [1.165, 1.54) is 0 Å². The lowest BCUT2D eigenvalue weighted by atomic mass is 9.86. The molecule has 270 valence electrons. The number of benzene rings is 4. The molecule has 0 bridgehead atoms. The summed E-state index contributed by atoms with van der Waals surface area (Å²) >= 11 is 3.80. The van der Waals surface area contributed by atoms with Crippen LogP contribution in [-0.2, 0) is 27.4 Å². The molecule has 1 fully saturated rings. The van der Waals surface area contributed by atoms with Gasteiger partial charge in [0.15, 0.2) is 0 Å². The first-order chi connectivity index (χ1) is 25.4. The Hall–Kier alpha value is -4.82. The number of fused-ring (bicyclic) bond motifs is 1. The molecule has 3 unspecified atom stereocenters. The molecular formula is C42H44BrN3O6. The highest BCUT2D eigenvalue weighted by atomic mass is 79.9. The van der Waals surface area contributed by atoms with Gasteiger partial charge in [0, 0.05) is 40.5 Å². The molecule has 4 aromatic carbocycles. The van der Waals surface area contributed by atoms with E-state index in [0.717, 1.165) is 61.1 Å². The number of hydrogen-bond donors (Lipinski definition) is 1. The van der Waals surface area contributed by atoms with Gasteiger partial charge in [0.05, 0.1) is 63.7 Å². The second-order valence-electron chi connectivity index (χ2n) is 12.9. The van der Waals surface area contributed by atoms with Crippen LogP contribution in [0.5, 0.6) is 11.5 Å². The molecule has 0 saturated carbocycles. The van der Waals surface area contributed by atoms with Crippen LogP contribution >= 0.6 is 15.9 Å². The summed E-state index contributed by atoms with van der Waals surface area (Å²) in [6, 6.07) is 32.0. The third-order valence-electron chi connectivity index (χ3n) is 9.47. The van der Waals surface area contributed by atoms with Gasteiger partial charge in [-0.2, -0.15) is 5.26 Å². The van der Waals surface area contributed by atoms with Gasteiger partial charge >= 0.3 is 6.09 Å². The number of nitrogens with one attached hydrogen (secondary N) is 1. The van der Waals surface area contributed by atoms with Crippen LogP contribution in [0, 0.1) is 18.3 Å². The summed E-state index contributed by atoms with van der Waals surface area (Å²) in [5, 5.41) is 11.0. The number of hydrogen-bond acceptors (Lipinski definition) is 7. The fraction of sp³-hybridized carbons (Fsp3) is 0.333. The molecule has 0 aliphatic carbocycles. The van der Waals surface area contributed by atoms with Crippen molar-refractivity contribution in [3.05, 3.63) is 129 Å². The number of nitrogens with zero attached hydrogens (tertiary/aromatic N) is 2. The molecule has 1 N–H and O–H groups in total. The number of halogens is 1. The van der Waals surface area contributed by atoms with Crippen LogP contribution in [0.15, 0.2) is 102 Å². The van der Waals surface area contributed by atoms with Crippen LogP contribution in [0.2, 0.25) is 0 Å². The van der Waals surface area contributed by atoms with E-state index in [0.29, 0.717) is 39.3 Å². The van der Waals surface area contributed by atoms with Crippen molar-refractivity contribution in [2.75, 3.05) is 33.4 Å². The third-order valence-corrected chi connectivity index (χ3v) is 10.3. The van der Waals surface area contributed by atoms with Crippen LogP contribution in [0.25, 0.3) is 10.9 Å². The predicted octanol–water partition coefficient (Wildman–Crippen LogP) is 9.40. The van der Waals surface area contributed by atoms with Crippen LogP contribution < -0.4 is 9.47 Å². The molecule has 2 heterocycles. The van der Waals surface area contributed by atoms with Crippen molar-refractivity contribution in [2.24, 2.45) is 0 Å². The van der Waals surface area contributed by atoms with Gasteiger partial charge in [-0.15, -0.1) is 0 Å². The zero-order chi connectivity index (χ0) is 36.3. The number of piperidine rings is 1. The normalized spacial score (nSPS) is 16.3. The Labute approximate surface area is 313 Å². The van der Waals surface area contributed by atoms with E-state index in [4.69, 9.17) is 23.7 Å². The molecule has 0 radical (unpaired) electrons. The Morgan fingerprint density at radius 1 is 1.00 bits per heavy atom. The summed E-state index contributed by atoms with van der Waals surface area (Å²) in [5.74, 6) is 1.57. The number of amides is 1. The van der Waals surface area contributed by atoms with E-state index in [-0.39, 0.29) is 25.0 Å². The highest BCUT2D eigenvalue weighted by molar-refractivity contribution is 9.10. The van der Waals surface area contributed by atoms with Gasteiger partial charge in [-0.05, 0) is 69.7 Å². The van der Waals surface area contributed by atoms with Crippen LogP contribution in [0.4, 0.5) is 4.79 Å². The molecule has 6 rings (SSSR count). The number of nitriles is 1. The maximum Gasteiger partial charge on any atom is 0.410 e. The van der Waals surface area contributed by atoms with E-state index >= 15 is 0 Å². The zero-order valence-electron chi connectivity index (χ0n) is 29.6. The van der Waals surface area contributed by atoms with Crippen molar-refractivity contribution in [1.82, 2.24) is 9.88 Å². The number of likely N-dealkylation sites (tertiary alicyclic amines) is 1. The highest BCUT2D eigenvalue weighted by Gasteiger charge is 2.36. The molecule has 52 heavy (non-hydrogen) atoms. The van der Waals surface area contributed by atoms with E-state index in [9.17, 15) is 10.1 Å². The molecule has 1 aliphatic heterocycles. The maximum absolute atomic E-state index is 13.3. The van der Waals surface area contributed by atoms with Gasteiger partial charge in [0.2, 0.25) is 0 Å². The summed E-state index contributed by atoms with van der Waals surface area (Å²) < 4.78 is 30.7. The van der Waals surface area contributed by atoms with E-state index in [1.807, 2.05) is 79.0 Å². The van der Waals surface area contributed by atoms with Gasteiger partial charge in [0.1, 0.15) is 18.1 Å². The van der Waals surface area contributed by atoms with Gasteiger partial charge in [0.25, 0.3) is 0 Å². The number of aromatic amines is 1. The van der Waals surface area contributed by atoms with Crippen LogP contribution in [-0.4, -0.2) is 55.5 Å². The van der Waals surface area contributed by atoms with Gasteiger partial charge in [-0.3, -0.25) is 0 Å². The number of para-hydroxylation sites is 1. The maximum atomic E-state index is 13.3. The van der Waals surface area contributed by atoms with E-state index in [1.54, 1.807) is 12.0 Å². The first-order valence-electron chi connectivity index (χ1n) is 17.6. The topological polar surface area (TPSA) is 106 Å². The van der Waals surface area contributed by atoms with Gasteiger partial charge in [-0.25, -0.2) is 4.79 Å². The van der Waals surface area contributed by atoms with Gasteiger partial charge < -0.3 is 33.6 Å². The van der Waals surface area contributed by atoms with E-state index < -0.39 is 12.2 Å². The third kappa shape index (κ3) is 9.15. The second kappa shape index (κ2) is 18.1. The minimum Gasteiger partial charge on any atom is -0.496 e. The number of methoxy groups -OCH3 is 1. The lowest BCUT2D eigenvalue weighted by molar-refractivity contribution is -0.0582. The zero-order valence-corrected chi connectivity index (χ0v) is 31.1. The number of aromatic nitrogens is 1. The lowest BCUT2D eigenvalue weighted by Crippen LogP contribution is -2.47. The Kier molecular flexibility index (Phi) is 12.9. The number of H-pyrrole nitrogens is 1. The molecule has 9 nitrogen and oxygen atoms in total. The Morgan fingerprint density at radius 3 is 2.58 bits per heavy atom.